The van der Waals surface area contributed by atoms with Crippen molar-refractivity contribution in [2.45, 2.75) is 30.6 Å². The number of hydrogen-bond acceptors (Lipinski definition) is 6. The number of para-hydroxylation sites is 2. The number of rotatable bonds is 6. The lowest BCUT2D eigenvalue weighted by Crippen LogP contribution is -2.36. The summed E-state index contributed by atoms with van der Waals surface area (Å²) in [6.45, 7) is 2.81. The predicted octanol–water partition coefficient (Wildman–Crippen LogP) is 5.41. The summed E-state index contributed by atoms with van der Waals surface area (Å²) in [5.41, 5.74) is 6.85. The Morgan fingerprint density at radius 1 is 0.865 bits per heavy atom. The number of H-pyrrole nitrogens is 1. The monoisotopic (exact) mass is 508 g/mol. The topological polar surface area (TPSA) is 79.7 Å². The molecule has 0 bridgehead atoms. The van der Waals surface area contributed by atoms with Crippen molar-refractivity contribution in [1.29, 1.82) is 0 Å². The second-order valence-corrected chi connectivity index (χ2v) is 10.2. The molecule has 0 radical (unpaired) electrons. The Bertz CT molecular complexity index is 1570. The Balaban J connectivity index is 1.16. The molecule has 37 heavy (non-hydrogen) atoms. The lowest BCUT2D eigenvalue weighted by atomic mass is 10.0. The molecule has 3 aromatic carbocycles. The first-order valence-electron chi connectivity index (χ1n) is 12.5. The molecule has 0 spiro atoms. The van der Waals surface area contributed by atoms with Gasteiger partial charge in [0.1, 0.15) is 11.4 Å². The van der Waals surface area contributed by atoms with Crippen molar-refractivity contribution in [1.82, 2.24) is 29.6 Å². The van der Waals surface area contributed by atoms with Gasteiger partial charge in [0.15, 0.2) is 0 Å². The van der Waals surface area contributed by atoms with Crippen LogP contribution in [0.1, 0.15) is 24.4 Å². The highest BCUT2D eigenvalue weighted by atomic mass is 32.2. The van der Waals surface area contributed by atoms with Crippen LogP contribution in [0.2, 0.25) is 0 Å². The van der Waals surface area contributed by atoms with Crippen LogP contribution in [-0.4, -0.2) is 49.0 Å². The molecule has 0 amide bonds. The van der Waals surface area contributed by atoms with E-state index >= 15 is 0 Å². The van der Waals surface area contributed by atoms with Crippen LogP contribution in [0.4, 0.5) is 0 Å². The summed E-state index contributed by atoms with van der Waals surface area (Å²) in [7, 11) is 0. The molecule has 1 N–H and O–H groups in total. The van der Waals surface area contributed by atoms with E-state index in [1.165, 1.54) is 17.3 Å². The molecule has 186 valence electrons. The highest BCUT2D eigenvalue weighted by Gasteiger charge is 2.23. The van der Waals surface area contributed by atoms with E-state index in [0.717, 1.165) is 66.0 Å². The first kappa shape index (κ1) is 23.6. The van der Waals surface area contributed by atoms with Crippen molar-refractivity contribution in [3.63, 3.8) is 0 Å². The normalized spacial score (nSPS) is 14.8. The third-order valence-electron chi connectivity index (χ3n) is 7.08. The molecule has 1 fully saturated rings. The van der Waals surface area contributed by atoms with E-state index < -0.39 is 0 Å². The van der Waals surface area contributed by atoms with Gasteiger partial charge < -0.3 is 4.98 Å². The van der Waals surface area contributed by atoms with E-state index in [1.807, 2.05) is 65.4 Å². The van der Waals surface area contributed by atoms with Crippen LogP contribution in [0, 0.1) is 0 Å². The van der Waals surface area contributed by atoms with E-state index in [4.69, 9.17) is 4.98 Å². The summed E-state index contributed by atoms with van der Waals surface area (Å²) >= 11 is 1.49. The molecule has 3 heterocycles. The summed E-state index contributed by atoms with van der Waals surface area (Å²) in [6, 6.07) is 26.9. The number of aromatic nitrogens is 5. The third kappa shape index (κ3) is 4.82. The van der Waals surface area contributed by atoms with Crippen LogP contribution >= 0.6 is 11.8 Å². The van der Waals surface area contributed by atoms with E-state index in [9.17, 15) is 4.79 Å². The third-order valence-corrected chi connectivity index (χ3v) is 7.61. The van der Waals surface area contributed by atoms with Crippen molar-refractivity contribution in [2.75, 3.05) is 19.3 Å². The molecule has 1 saturated heterocycles. The summed E-state index contributed by atoms with van der Waals surface area (Å²) in [5, 5.41) is 9.43. The molecule has 0 saturated carbocycles. The number of nitrogens with one attached hydrogen (secondary N) is 1. The standard InChI is InChI=1S/C29H28N6OS/c1-37-28-31-26(27(32-33-28)21-7-3-2-4-8-21)22-13-11-20(12-14-22)19-34-17-15-23(16-18-34)35-25-10-6-5-9-24(25)30-29(35)36/h2-14,23H,15-19H2,1H3,(H,30,36). The molecule has 2 aromatic heterocycles. The fourth-order valence-corrected chi connectivity index (χ4v) is 5.49. The van der Waals surface area contributed by atoms with Gasteiger partial charge in [-0.2, -0.15) is 0 Å². The fourth-order valence-electron chi connectivity index (χ4n) is 5.19. The van der Waals surface area contributed by atoms with Crippen LogP contribution in [0.15, 0.2) is 88.8 Å². The number of thioether (sulfide) groups is 1. The average Bonchev–Trinajstić information content (AvgIpc) is 3.29. The van der Waals surface area contributed by atoms with Gasteiger partial charge in [0.05, 0.1) is 11.0 Å². The number of nitrogens with zero attached hydrogens (tertiary/aromatic N) is 5. The minimum Gasteiger partial charge on any atom is -0.306 e. The van der Waals surface area contributed by atoms with Crippen LogP contribution in [0.3, 0.4) is 0 Å². The Kier molecular flexibility index (Phi) is 6.59. The fraction of sp³-hybridized carbons (Fsp3) is 0.241. The van der Waals surface area contributed by atoms with Crippen molar-refractivity contribution < 1.29 is 0 Å². The average molecular weight is 509 g/mol. The first-order chi connectivity index (χ1) is 18.2. The molecule has 0 unspecified atom stereocenters. The summed E-state index contributed by atoms with van der Waals surface area (Å²) < 4.78 is 1.95. The molecular weight excluding hydrogens is 480 g/mol. The van der Waals surface area contributed by atoms with Gasteiger partial charge in [0, 0.05) is 36.8 Å². The number of fused-ring (bicyclic) bond motifs is 1. The van der Waals surface area contributed by atoms with Gasteiger partial charge >= 0.3 is 5.69 Å². The van der Waals surface area contributed by atoms with E-state index in [-0.39, 0.29) is 11.7 Å². The maximum Gasteiger partial charge on any atom is 0.326 e. The van der Waals surface area contributed by atoms with Crippen molar-refractivity contribution in [3.8, 4) is 22.5 Å². The van der Waals surface area contributed by atoms with Crippen LogP contribution in [0.5, 0.6) is 0 Å². The van der Waals surface area contributed by atoms with Crippen molar-refractivity contribution in [3.05, 3.63) is 94.9 Å². The highest BCUT2D eigenvalue weighted by molar-refractivity contribution is 7.98. The molecule has 6 rings (SSSR count). The lowest BCUT2D eigenvalue weighted by molar-refractivity contribution is 0.180. The molecule has 8 heteroatoms. The van der Waals surface area contributed by atoms with Crippen molar-refractivity contribution in [2.24, 2.45) is 0 Å². The van der Waals surface area contributed by atoms with E-state index in [0.29, 0.717) is 5.16 Å². The van der Waals surface area contributed by atoms with Gasteiger partial charge in [-0.1, -0.05) is 78.5 Å². The number of benzene rings is 3. The van der Waals surface area contributed by atoms with Gasteiger partial charge in [0.25, 0.3) is 0 Å². The smallest absolute Gasteiger partial charge is 0.306 e. The highest BCUT2D eigenvalue weighted by Crippen LogP contribution is 2.30. The van der Waals surface area contributed by atoms with Gasteiger partial charge in [-0.25, -0.2) is 9.78 Å². The quantitative estimate of drug-likeness (QED) is 0.309. The Morgan fingerprint density at radius 3 is 2.32 bits per heavy atom. The van der Waals surface area contributed by atoms with Gasteiger partial charge in [0.2, 0.25) is 5.16 Å². The molecule has 5 aromatic rings. The van der Waals surface area contributed by atoms with Gasteiger partial charge in [-0.3, -0.25) is 9.47 Å². The van der Waals surface area contributed by atoms with E-state index in [1.54, 1.807) is 0 Å². The van der Waals surface area contributed by atoms with Gasteiger partial charge in [-0.15, -0.1) is 10.2 Å². The minimum atomic E-state index is -0.00560. The number of likely N-dealkylation sites (tertiary alicyclic amines) is 1. The molecule has 1 aliphatic rings. The number of aromatic amines is 1. The summed E-state index contributed by atoms with van der Waals surface area (Å²) in [4.78, 5) is 22.9. The largest absolute Gasteiger partial charge is 0.326 e. The number of imidazole rings is 1. The van der Waals surface area contributed by atoms with Gasteiger partial charge in [-0.05, 0) is 36.8 Å². The molecule has 0 atom stereocenters. The summed E-state index contributed by atoms with van der Waals surface area (Å²) in [5.74, 6) is 0. The summed E-state index contributed by atoms with van der Waals surface area (Å²) in [6.07, 6.45) is 3.89. The minimum absolute atomic E-state index is 0.00560. The maximum absolute atomic E-state index is 12.6. The Hall–Kier alpha value is -3.75. The predicted molar refractivity (Wildman–Crippen MR) is 149 cm³/mol. The number of piperidine rings is 1. The van der Waals surface area contributed by atoms with Crippen LogP contribution < -0.4 is 5.69 Å². The maximum atomic E-state index is 12.6. The molecule has 7 nitrogen and oxygen atoms in total. The van der Waals surface area contributed by atoms with Crippen LogP contribution in [0.25, 0.3) is 33.5 Å². The Labute approximate surface area is 219 Å². The second kappa shape index (κ2) is 10.3. The first-order valence-corrected chi connectivity index (χ1v) is 13.8. The molecular formula is C29H28N6OS. The molecule has 1 aliphatic heterocycles. The Morgan fingerprint density at radius 2 is 1.57 bits per heavy atom. The molecule has 0 aliphatic carbocycles. The number of hydrogen-bond donors (Lipinski definition) is 1. The van der Waals surface area contributed by atoms with Crippen molar-refractivity contribution >= 4 is 22.8 Å². The lowest BCUT2D eigenvalue weighted by Gasteiger charge is -2.32. The van der Waals surface area contributed by atoms with E-state index in [2.05, 4.69) is 44.3 Å². The second-order valence-electron chi connectivity index (χ2n) is 9.38. The SMILES string of the molecule is CSc1nnc(-c2ccccc2)c(-c2ccc(CN3CCC(n4c(=O)[nH]c5ccccc54)CC3)cc2)n1. The zero-order chi connectivity index (χ0) is 25.2. The zero-order valence-corrected chi connectivity index (χ0v) is 21.5. The zero-order valence-electron chi connectivity index (χ0n) is 20.7. The van der Waals surface area contributed by atoms with Crippen LogP contribution in [-0.2, 0) is 6.54 Å².